The standard InChI is InChI=1S/C20H22O6S/c1-14(19-12-25-19)13-27(22,23)18-9-7-17(8-10-18)26-16-5-3-15(4-6-16)11-20(21)24-2/h3-10,14,19H,11-13H2,1-2H3. The summed E-state index contributed by atoms with van der Waals surface area (Å²) in [6.07, 6.45) is 0.262. The molecule has 6 nitrogen and oxygen atoms in total. The first-order chi connectivity index (χ1) is 12.9. The largest absolute Gasteiger partial charge is 0.469 e. The molecule has 1 heterocycles. The highest BCUT2D eigenvalue weighted by Gasteiger charge is 2.33. The van der Waals surface area contributed by atoms with Gasteiger partial charge in [0, 0.05) is 0 Å². The summed E-state index contributed by atoms with van der Waals surface area (Å²) in [7, 11) is -2.00. The molecular formula is C20H22O6S. The minimum Gasteiger partial charge on any atom is -0.469 e. The normalized spacial score (nSPS) is 17.2. The van der Waals surface area contributed by atoms with Crippen LogP contribution in [0, 0.1) is 5.92 Å². The van der Waals surface area contributed by atoms with Gasteiger partial charge in [0.1, 0.15) is 11.5 Å². The molecule has 0 N–H and O–H groups in total. The van der Waals surface area contributed by atoms with Gasteiger partial charge in [0.25, 0.3) is 0 Å². The van der Waals surface area contributed by atoms with Crippen LogP contribution in [0.5, 0.6) is 11.5 Å². The van der Waals surface area contributed by atoms with Crippen LogP contribution in [0.25, 0.3) is 0 Å². The molecule has 0 radical (unpaired) electrons. The summed E-state index contributed by atoms with van der Waals surface area (Å²) in [5.41, 5.74) is 0.824. The van der Waals surface area contributed by atoms with Crippen LogP contribution in [-0.2, 0) is 30.5 Å². The van der Waals surface area contributed by atoms with E-state index in [-0.39, 0.29) is 35.1 Å². The van der Waals surface area contributed by atoms with Gasteiger partial charge in [0.15, 0.2) is 9.84 Å². The summed E-state index contributed by atoms with van der Waals surface area (Å²) in [5, 5.41) is 0. The predicted molar refractivity (Wildman–Crippen MR) is 99.6 cm³/mol. The molecule has 2 unspecified atom stereocenters. The highest BCUT2D eigenvalue weighted by molar-refractivity contribution is 7.91. The topological polar surface area (TPSA) is 82.2 Å². The average molecular weight is 390 g/mol. The summed E-state index contributed by atoms with van der Waals surface area (Å²) >= 11 is 0. The molecule has 0 spiro atoms. The molecule has 1 fully saturated rings. The second-order valence-corrected chi connectivity index (χ2v) is 8.64. The quantitative estimate of drug-likeness (QED) is 0.509. The third kappa shape index (κ3) is 5.30. The fraction of sp³-hybridized carbons (Fsp3) is 0.350. The molecular weight excluding hydrogens is 368 g/mol. The van der Waals surface area contributed by atoms with E-state index in [0.717, 1.165) is 5.56 Å². The van der Waals surface area contributed by atoms with Gasteiger partial charge in [0.05, 0.1) is 36.9 Å². The van der Waals surface area contributed by atoms with Crippen molar-refractivity contribution in [3.8, 4) is 11.5 Å². The fourth-order valence-electron chi connectivity index (χ4n) is 2.70. The van der Waals surface area contributed by atoms with Crippen molar-refractivity contribution in [2.45, 2.75) is 24.3 Å². The number of carbonyl (C=O) groups excluding carboxylic acids is 1. The van der Waals surface area contributed by atoms with E-state index in [1.807, 2.05) is 6.92 Å². The number of esters is 1. The van der Waals surface area contributed by atoms with E-state index >= 15 is 0 Å². The molecule has 1 saturated heterocycles. The lowest BCUT2D eigenvalue weighted by molar-refractivity contribution is -0.139. The van der Waals surface area contributed by atoms with Crippen LogP contribution in [0.1, 0.15) is 12.5 Å². The molecule has 0 amide bonds. The third-order valence-corrected chi connectivity index (χ3v) is 6.35. The molecule has 0 aliphatic carbocycles. The van der Waals surface area contributed by atoms with E-state index in [4.69, 9.17) is 9.47 Å². The van der Waals surface area contributed by atoms with Crippen LogP contribution in [0.4, 0.5) is 0 Å². The molecule has 144 valence electrons. The molecule has 2 aromatic rings. The number of epoxide rings is 1. The van der Waals surface area contributed by atoms with Crippen molar-refractivity contribution in [1.82, 2.24) is 0 Å². The van der Waals surface area contributed by atoms with Crippen LogP contribution in [-0.4, -0.2) is 40.0 Å². The van der Waals surface area contributed by atoms with Crippen molar-refractivity contribution in [2.24, 2.45) is 5.92 Å². The van der Waals surface area contributed by atoms with Gasteiger partial charge in [-0.1, -0.05) is 19.1 Å². The molecule has 2 atom stereocenters. The second kappa shape index (κ2) is 8.10. The SMILES string of the molecule is COC(=O)Cc1ccc(Oc2ccc(S(=O)(=O)CC(C)C3CO3)cc2)cc1. The zero-order valence-electron chi connectivity index (χ0n) is 15.3. The van der Waals surface area contributed by atoms with Crippen molar-refractivity contribution < 1.29 is 27.4 Å². The Labute approximate surface area is 159 Å². The minimum atomic E-state index is -3.35. The number of carbonyl (C=O) groups is 1. The lowest BCUT2D eigenvalue weighted by Gasteiger charge is -2.11. The Bertz CT molecular complexity index is 883. The van der Waals surface area contributed by atoms with Crippen molar-refractivity contribution in [3.63, 3.8) is 0 Å². The number of rotatable bonds is 8. The van der Waals surface area contributed by atoms with E-state index in [9.17, 15) is 13.2 Å². The monoisotopic (exact) mass is 390 g/mol. The van der Waals surface area contributed by atoms with Gasteiger partial charge in [-0.15, -0.1) is 0 Å². The fourth-order valence-corrected chi connectivity index (χ4v) is 4.35. The van der Waals surface area contributed by atoms with Crippen LogP contribution in [0.3, 0.4) is 0 Å². The van der Waals surface area contributed by atoms with Gasteiger partial charge in [-0.3, -0.25) is 4.79 Å². The highest BCUT2D eigenvalue weighted by atomic mass is 32.2. The molecule has 27 heavy (non-hydrogen) atoms. The van der Waals surface area contributed by atoms with Gasteiger partial charge in [-0.25, -0.2) is 8.42 Å². The van der Waals surface area contributed by atoms with Crippen LogP contribution in [0.15, 0.2) is 53.4 Å². The number of hydrogen-bond donors (Lipinski definition) is 0. The van der Waals surface area contributed by atoms with E-state index in [0.29, 0.717) is 18.1 Å². The number of methoxy groups -OCH3 is 1. The minimum absolute atomic E-state index is 0.0190. The highest BCUT2D eigenvalue weighted by Crippen LogP contribution is 2.26. The van der Waals surface area contributed by atoms with Crippen molar-refractivity contribution >= 4 is 15.8 Å². The van der Waals surface area contributed by atoms with Crippen LogP contribution >= 0.6 is 0 Å². The van der Waals surface area contributed by atoms with Gasteiger partial charge >= 0.3 is 5.97 Å². The van der Waals surface area contributed by atoms with Crippen molar-refractivity contribution in [3.05, 3.63) is 54.1 Å². The van der Waals surface area contributed by atoms with E-state index in [2.05, 4.69) is 4.74 Å². The molecule has 3 rings (SSSR count). The van der Waals surface area contributed by atoms with Gasteiger partial charge in [0.2, 0.25) is 0 Å². The first-order valence-corrected chi connectivity index (χ1v) is 10.3. The summed E-state index contributed by atoms with van der Waals surface area (Å²) in [6, 6.07) is 13.4. The van der Waals surface area contributed by atoms with E-state index < -0.39 is 9.84 Å². The summed E-state index contributed by atoms with van der Waals surface area (Å²) in [5.74, 6) is 0.879. The molecule has 0 bridgehead atoms. The lowest BCUT2D eigenvalue weighted by atomic mass is 10.1. The Balaban J connectivity index is 1.62. The average Bonchev–Trinajstić information content (AvgIpc) is 3.49. The Morgan fingerprint density at radius 1 is 1.11 bits per heavy atom. The van der Waals surface area contributed by atoms with E-state index in [1.165, 1.54) is 7.11 Å². The number of benzene rings is 2. The number of hydrogen-bond acceptors (Lipinski definition) is 6. The molecule has 2 aromatic carbocycles. The maximum atomic E-state index is 12.5. The van der Waals surface area contributed by atoms with Crippen LogP contribution < -0.4 is 4.74 Å². The first kappa shape index (κ1) is 19.4. The maximum absolute atomic E-state index is 12.5. The first-order valence-electron chi connectivity index (χ1n) is 8.65. The third-order valence-electron chi connectivity index (χ3n) is 4.39. The Morgan fingerprint density at radius 2 is 1.67 bits per heavy atom. The Hall–Kier alpha value is -2.38. The zero-order chi connectivity index (χ0) is 19.4. The zero-order valence-corrected chi connectivity index (χ0v) is 16.1. The van der Waals surface area contributed by atoms with Gasteiger partial charge in [-0.2, -0.15) is 0 Å². The van der Waals surface area contributed by atoms with E-state index in [1.54, 1.807) is 48.5 Å². The Kier molecular flexibility index (Phi) is 5.82. The molecule has 0 saturated carbocycles. The van der Waals surface area contributed by atoms with Crippen LogP contribution in [0.2, 0.25) is 0 Å². The molecule has 1 aliphatic heterocycles. The molecule has 7 heteroatoms. The smallest absolute Gasteiger partial charge is 0.309 e. The lowest BCUT2D eigenvalue weighted by Crippen LogP contribution is -2.18. The van der Waals surface area contributed by atoms with Crippen molar-refractivity contribution in [2.75, 3.05) is 19.5 Å². The van der Waals surface area contributed by atoms with Gasteiger partial charge in [-0.05, 0) is 47.9 Å². The molecule has 0 aromatic heterocycles. The molecule has 1 aliphatic rings. The number of sulfone groups is 1. The second-order valence-electron chi connectivity index (χ2n) is 6.60. The summed E-state index contributed by atoms with van der Waals surface area (Å²) in [4.78, 5) is 11.5. The van der Waals surface area contributed by atoms with Gasteiger partial charge < -0.3 is 14.2 Å². The van der Waals surface area contributed by atoms with Crippen molar-refractivity contribution in [1.29, 1.82) is 0 Å². The number of ether oxygens (including phenoxy) is 3. The summed E-state index contributed by atoms with van der Waals surface area (Å²) in [6.45, 7) is 2.53. The maximum Gasteiger partial charge on any atom is 0.309 e. The predicted octanol–water partition coefficient (Wildman–Crippen LogP) is 3.00. The summed E-state index contributed by atoms with van der Waals surface area (Å²) < 4.78 is 40.4. The Morgan fingerprint density at radius 3 is 2.19 bits per heavy atom.